The van der Waals surface area contributed by atoms with Gasteiger partial charge in [-0.15, -0.1) is 0 Å². The number of amides is 3. The summed E-state index contributed by atoms with van der Waals surface area (Å²) in [5.41, 5.74) is 0.106. The van der Waals surface area contributed by atoms with E-state index in [2.05, 4.69) is 4.90 Å². The van der Waals surface area contributed by atoms with Crippen LogP contribution >= 0.6 is 0 Å². The molecule has 8 atom stereocenters. The van der Waals surface area contributed by atoms with Crippen molar-refractivity contribution in [1.82, 2.24) is 19.6 Å². The molecule has 12 heteroatoms. The molecule has 53 heavy (non-hydrogen) atoms. The normalized spacial score (nSPS) is 32.2. The number of nitrogens with zero attached hydrogens (tertiary/aromatic N) is 4. The molecule has 2 aromatic carbocycles. The molecule has 12 nitrogen and oxygen atoms in total. The molecule has 2 aromatic rings. The molecular formula is C41H50N4O8. The molecule has 3 saturated heterocycles. The van der Waals surface area contributed by atoms with E-state index in [0.29, 0.717) is 51.3 Å². The molecule has 0 unspecified atom stereocenters. The van der Waals surface area contributed by atoms with Crippen LogP contribution in [0.15, 0.2) is 85.0 Å². The number of morpholine rings is 1. The van der Waals surface area contributed by atoms with E-state index in [1.807, 2.05) is 85.8 Å². The van der Waals surface area contributed by atoms with Crippen LogP contribution in [-0.2, 0) is 39.8 Å². The van der Waals surface area contributed by atoms with Crippen molar-refractivity contribution in [2.45, 2.75) is 62.1 Å². The minimum absolute atomic E-state index is 0.0899. The van der Waals surface area contributed by atoms with Crippen LogP contribution in [0.5, 0.6) is 0 Å². The van der Waals surface area contributed by atoms with Crippen LogP contribution in [0, 0.1) is 11.8 Å². The van der Waals surface area contributed by atoms with Crippen molar-refractivity contribution in [3.05, 3.63) is 96.1 Å². The zero-order valence-corrected chi connectivity index (χ0v) is 30.5. The van der Waals surface area contributed by atoms with Gasteiger partial charge in [0.05, 0.1) is 43.9 Å². The predicted molar refractivity (Wildman–Crippen MR) is 195 cm³/mol. The lowest BCUT2D eigenvalue weighted by Gasteiger charge is -2.39. The molecule has 282 valence electrons. The number of rotatable bonds is 8. The molecule has 3 amide bonds. The maximum atomic E-state index is 15.1. The second-order valence-electron chi connectivity index (χ2n) is 14.7. The van der Waals surface area contributed by atoms with Crippen molar-refractivity contribution in [1.29, 1.82) is 0 Å². The number of allylic oxidation sites excluding steroid dienone is 1. The zero-order valence-electron chi connectivity index (χ0n) is 30.5. The van der Waals surface area contributed by atoms with E-state index in [-0.39, 0.29) is 18.2 Å². The number of hydrogen-bond acceptors (Lipinski definition) is 9. The number of carbonyl (C=O) groups excluding carboxylic acids is 4. The number of aliphatic hydroxyl groups excluding tert-OH is 1. The summed E-state index contributed by atoms with van der Waals surface area (Å²) in [6.07, 6.45) is 6.46. The fraction of sp³-hybridized carbons (Fsp3) is 0.512. The van der Waals surface area contributed by atoms with Gasteiger partial charge in [0.1, 0.15) is 23.7 Å². The first-order valence-electron chi connectivity index (χ1n) is 18.8. The van der Waals surface area contributed by atoms with Crippen molar-refractivity contribution in [2.75, 3.05) is 59.6 Å². The largest absolute Gasteiger partial charge is 0.455 e. The van der Waals surface area contributed by atoms with Gasteiger partial charge in [0.15, 0.2) is 0 Å². The Bertz CT molecular complexity index is 1700. The molecule has 5 heterocycles. The Morgan fingerprint density at radius 2 is 1.64 bits per heavy atom. The minimum atomic E-state index is -1.51. The first-order valence-corrected chi connectivity index (χ1v) is 18.8. The molecule has 1 N–H and O–H groups in total. The summed E-state index contributed by atoms with van der Waals surface area (Å²) in [6.45, 7) is 5.64. The van der Waals surface area contributed by atoms with Crippen molar-refractivity contribution < 1.29 is 38.5 Å². The molecular weight excluding hydrogens is 676 g/mol. The lowest BCUT2D eigenvalue weighted by Crippen LogP contribution is -2.59. The number of carbonyl (C=O) groups is 4. The monoisotopic (exact) mass is 726 g/mol. The van der Waals surface area contributed by atoms with E-state index in [4.69, 9.17) is 14.2 Å². The number of likely N-dealkylation sites (N-methyl/N-ethyl adjacent to an activating group) is 1. The summed E-state index contributed by atoms with van der Waals surface area (Å²) in [5, 5.41) is 10.9. The highest BCUT2D eigenvalue weighted by atomic mass is 16.6. The van der Waals surface area contributed by atoms with Gasteiger partial charge in [0, 0.05) is 46.2 Å². The van der Waals surface area contributed by atoms with E-state index in [9.17, 15) is 19.5 Å². The predicted octanol–water partition coefficient (Wildman–Crippen LogP) is 2.38. The molecule has 7 rings (SSSR count). The van der Waals surface area contributed by atoms with Gasteiger partial charge in [-0.05, 0) is 30.9 Å². The molecule has 3 fully saturated rings. The molecule has 0 radical (unpaired) electrons. The highest BCUT2D eigenvalue weighted by molar-refractivity contribution is 5.99. The average Bonchev–Trinajstić information content (AvgIpc) is 3.58. The quantitative estimate of drug-likeness (QED) is 0.322. The van der Waals surface area contributed by atoms with Crippen LogP contribution in [-0.4, -0.2) is 138 Å². The van der Waals surface area contributed by atoms with Crippen LogP contribution in [0.1, 0.15) is 37.0 Å². The van der Waals surface area contributed by atoms with Gasteiger partial charge < -0.3 is 34.0 Å². The van der Waals surface area contributed by atoms with Crippen LogP contribution in [0.25, 0.3) is 0 Å². The molecule has 0 aromatic heterocycles. The maximum Gasteiger partial charge on any atom is 0.313 e. The Balaban J connectivity index is 1.29. The third-order valence-corrected chi connectivity index (χ3v) is 11.7. The summed E-state index contributed by atoms with van der Waals surface area (Å²) in [5.74, 6) is -3.65. The standard InChI is InChI=1S/C41H50N4O8/c1-28-36(30-14-7-4-8-15-30)52-40(50)34-32(16-9-10-17-33(47)42(28)2)53-41-18-11-19-44(21-20-43-22-24-51-25-23-43)39(49)37(41)45(38(48)35(34)41)31(27-46)26-29-12-5-3-6-13-29/h3-9,11-16,18,28,31-32,34-37,46H,10,17,19-27H2,1-2H3/b16-9-/t28-,31+,32-,34+,35+,36+,37-,41+/m0/s1. The van der Waals surface area contributed by atoms with Gasteiger partial charge in [-0.1, -0.05) is 85.0 Å². The second kappa shape index (κ2) is 15.9. The van der Waals surface area contributed by atoms with Crippen LogP contribution in [0.2, 0.25) is 0 Å². The van der Waals surface area contributed by atoms with E-state index in [1.165, 1.54) is 4.90 Å². The third kappa shape index (κ3) is 7.17. The topological polar surface area (TPSA) is 129 Å². The van der Waals surface area contributed by atoms with Crippen molar-refractivity contribution in [3.8, 4) is 0 Å². The Kier molecular flexibility index (Phi) is 11.1. The molecule has 0 aliphatic carbocycles. The smallest absolute Gasteiger partial charge is 0.313 e. The second-order valence-corrected chi connectivity index (χ2v) is 14.7. The first kappa shape index (κ1) is 37.0. The molecule has 1 spiro atoms. The summed E-state index contributed by atoms with van der Waals surface area (Å²) < 4.78 is 18.8. The SMILES string of the molecule is C[C@H]1[C@H](c2ccccc2)OC(=O)[C@@H]2[C@H](/C=C\CCC(=O)N1C)O[C@@]13C=CCN(CCN4CCOCC4)C(=O)[C@@H]1N([C@@H](CO)Cc1ccccc1)C(=O)[C@@H]23. The molecule has 5 aliphatic heterocycles. The summed E-state index contributed by atoms with van der Waals surface area (Å²) in [4.78, 5) is 65.2. The number of benzene rings is 2. The highest BCUT2D eigenvalue weighted by Crippen LogP contribution is 2.54. The number of aliphatic hydroxyl groups is 1. The van der Waals surface area contributed by atoms with Gasteiger partial charge >= 0.3 is 5.97 Å². The number of ether oxygens (including phenoxy) is 3. The average molecular weight is 727 g/mol. The number of hydrogen-bond donors (Lipinski definition) is 1. The van der Waals surface area contributed by atoms with E-state index in [0.717, 1.165) is 18.7 Å². The lowest BCUT2D eigenvalue weighted by atomic mass is 9.77. The Hall–Kier alpha value is -4.36. The van der Waals surface area contributed by atoms with E-state index < -0.39 is 66.3 Å². The Morgan fingerprint density at radius 3 is 2.36 bits per heavy atom. The Morgan fingerprint density at radius 1 is 0.925 bits per heavy atom. The lowest BCUT2D eigenvalue weighted by molar-refractivity contribution is -0.164. The fourth-order valence-corrected chi connectivity index (χ4v) is 8.69. The molecule has 5 aliphatic rings. The van der Waals surface area contributed by atoms with E-state index >= 15 is 4.79 Å². The molecule has 0 saturated carbocycles. The van der Waals surface area contributed by atoms with Crippen molar-refractivity contribution in [3.63, 3.8) is 0 Å². The van der Waals surface area contributed by atoms with Gasteiger partial charge in [0.2, 0.25) is 17.7 Å². The van der Waals surface area contributed by atoms with Gasteiger partial charge in [0.25, 0.3) is 0 Å². The molecule has 0 bridgehead atoms. The maximum absolute atomic E-state index is 15.1. The highest BCUT2D eigenvalue weighted by Gasteiger charge is 2.72. The fourth-order valence-electron chi connectivity index (χ4n) is 8.69. The summed E-state index contributed by atoms with van der Waals surface area (Å²) in [6, 6.07) is 16.4. The van der Waals surface area contributed by atoms with Crippen LogP contribution < -0.4 is 0 Å². The van der Waals surface area contributed by atoms with Crippen LogP contribution in [0.3, 0.4) is 0 Å². The van der Waals surface area contributed by atoms with Gasteiger partial charge in [-0.2, -0.15) is 0 Å². The number of esters is 1. The van der Waals surface area contributed by atoms with Crippen molar-refractivity contribution >= 4 is 23.7 Å². The minimum Gasteiger partial charge on any atom is -0.455 e. The first-order chi connectivity index (χ1) is 25.7. The number of likely N-dealkylation sites (tertiary alicyclic amines) is 1. The van der Waals surface area contributed by atoms with E-state index in [1.54, 1.807) is 22.9 Å². The summed E-state index contributed by atoms with van der Waals surface area (Å²) in [7, 11) is 1.71. The third-order valence-electron chi connectivity index (χ3n) is 11.7. The van der Waals surface area contributed by atoms with Crippen molar-refractivity contribution in [2.24, 2.45) is 11.8 Å². The summed E-state index contributed by atoms with van der Waals surface area (Å²) >= 11 is 0. The van der Waals surface area contributed by atoms with Gasteiger partial charge in [-0.3, -0.25) is 24.1 Å². The number of cyclic esters (lactones) is 1. The Labute approximate surface area is 310 Å². The van der Waals surface area contributed by atoms with Gasteiger partial charge in [-0.25, -0.2) is 0 Å². The van der Waals surface area contributed by atoms with Crippen LogP contribution in [0.4, 0.5) is 0 Å². The number of fused-ring (bicyclic) bond motifs is 2. The zero-order chi connectivity index (χ0) is 37.1.